The third kappa shape index (κ3) is 5.04. The average molecular weight is 368 g/mol. The van der Waals surface area contributed by atoms with Crippen LogP contribution in [-0.2, 0) is 4.79 Å². The van der Waals surface area contributed by atoms with Crippen molar-refractivity contribution in [2.75, 3.05) is 6.54 Å². The van der Waals surface area contributed by atoms with Crippen molar-refractivity contribution < 1.29 is 14.0 Å². The Bertz CT molecular complexity index is 797. The van der Waals surface area contributed by atoms with Gasteiger partial charge in [0, 0.05) is 11.1 Å². The molecule has 0 radical (unpaired) electrons. The molecule has 0 unspecified atom stereocenters. The van der Waals surface area contributed by atoms with Gasteiger partial charge in [0.25, 0.3) is 11.8 Å². The van der Waals surface area contributed by atoms with Gasteiger partial charge in [-0.15, -0.1) is 0 Å². The number of hydrogen-bond donors (Lipinski definition) is 2. The summed E-state index contributed by atoms with van der Waals surface area (Å²) in [5, 5.41) is 6.60. The number of nitrogens with one attached hydrogen (secondary N) is 2. The van der Waals surface area contributed by atoms with Crippen molar-refractivity contribution in [3.63, 3.8) is 0 Å². The van der Waals surface area contributed by atoms with Crippen LogP contribution in [-0.4, -0.2) is 24.6 Å². The van der Waals surface area contributed by atoms with E-state index in [-0.39, 0.29) is 22.7 Å². The normalized spacial score (nSPS) is 10.6. The van der Waals surface area contributed by atoms with Gasteiger partial charge in [-0.25, -0.2) is 9.82 Å². The molecular formula is C16H12Cl2FN3O2. The van der Waals surface area contributed by atoms with Crippen molar-refractivity contribution in [1.29, 1.82) is 0 Å². The Balaban J connectivity index is 1.83. The molecule has 0 bridgehead atoms. The van der Waals surface area contributed by atoms with Crippen LogP contribution >= 0.6 is 23.2 Å². The molecule has 0 aliphatic heterocycles. The van der Waals surface area contributed by atoms with E-state index >= 15 is 0 Å². The number of amides is 2. The fourth-order valence-electron chi connectivity index (χ4n) is 1.69. The molecule has 2 amide bonds. The summed E-state index contributed by atoms with van der Waals surface area (Å²) in [6.07, 6.45) is 1.17. The van der Waals surface area contributed by atoms with E-state index in [2.05, 4.69) is 15.8 Å². The van der Waals surface area contributed by atoms with Crippen LogP contribution in [0.1, 0.15) is 15.9 Å². The maximum absolute atomic E-state index is 13.3. The molecule has 0 aliphatic rings. The van der Waals surface area contributed by atoms with Crippen LogP contribution in [0.3, 0.4) is 0 Å². The zero-order valence-electron chi connectivity index (χ0n) is 12.2. The molecule has 0 saturated carbocycles. The van der Waals surface area contributed by atoms with E-state index in [0.717, 1.165) is 0 Å². The Hall–Kier alpha value is -2.44. The predicted octanol–water partition coefficient (Wildman–Crippen LogP) is 3.01. The highest BCUT2D eigenvalue weighted by atomic mass is 35.5. The summed E-state index contributed by atoms with van der Waals surface area (Å²) >= 11 is 11.6. The summed E-state index contributed by atoms with van der Waals surface area (Å²) in [6.45, 7) is -0.298. The second-order valence-corrected chi connectivity index (χ2v) is 5.44. The standard InChI is InChI=1S/C16H12Cl2FN3O2/c17-12-6-5-10(7-13(12)18)16(24)20-9-15(23)22-21-8-11-3-1-2-4-14(11)19/h1-8H,9H2,(H,20,24)(H,22,23)/b21-8-. The molecule has 0 heterocycles. The minimum absolute atomic E-state index is 0.234. The van der Waals surface area contributed by atoms with E-state index in [1.165, 1.54) is 36.5 Å². The first kappa shape index (κ1) is 17.9. The Morgan fingerprint density at radius 2 is 1.88 bits per heavy atom. The number of nitrogens with zero attached hydrogens (tertiary/aromatic N) is 1. The third-order valence-electron chi connectivity index (χ3n) is 2.89. The van der Waals surface area contributed by atoms with Crippen molar-refractivity contribution in [1.82, 2.24) is 10.7 Å². The van der Waals surface area contributed by atoms with Gasteiger partial charge in [0.2, 0.25) is 0 Å². The van der Waals surface area contributed by atoms with Gasteiger partial charge >= 0.3 is 0 Å². The molecule has 0 spiro atoms. The molecule has 0 saturated heterocycles. The van der Waals surface area contributed by atoms with Crippen molar-refractivity contribution in [2.24, 2.45) is 5.10 Å². The van der Waals surface area contributed by atoms with E-state index < -0.39 is 17.6 Å². The zero-order valence-corrected chi connectivity index (χ0v) is 13.7. The van der Waals surface area contributed by atoms with Crippen molar-refractivity contribution in [3.05, 3.63) is 69.5 Å². The SMILES string of the molecule is O=C(CNC(=O)c1ccc(Cl)c(Cl)c1)N/N=C\c1ccccc1F. The molecule has 2 N–H and O–H groups in total. The van der Waals surface area contributed by atoms with Crippen LogP contribution in [0.25, 0.3) is 0 Å². The number of hydrazone groups is 1. The Kier molecular flexibility index (Phi) is 6.28. The van der Waals surface area contributed by atoms with Gasteiger partial charge in [0.05, 0.1) is 22.8 Å². The largest absolute Gasteiger partial charge is 0.343 e. The first-order chi connectivity index (χ1) is 11.5. The smallest absolute Gasteiger partial charge is 0.259 e. The van der Waals surface area contributed by atoms with Gasteiger partial charge in [-0.1, -0.05) is 41.4 Å². The molecule has 0 aliphatic carbocycles. The topological polar surface area (TPSA) is 70.6 Å². The zero-order chi connectivity index (χ0) is 17.5. The monoisotopic (exact) mass is 367 g/mol. The quantitative estimate of drug-likeness (QED) is 0.629. The minimum atomic E-state index is -0.559. The molecule has 2 aromatic carbocycles. The van der Waals surface area contributed by atoms with Crippen molar-refractivity contribution >= 4 is 41.2 Å². The van der Waals surface area contributed by atoms with Gasteiger partial charge in [0.1, 0.15) is 5.82 Å². The van der Waals surface area contributed by atoms with Crippen LogP contribution < -0.4 is 10.7 Å². The van der Waals surface area contributed by atoms with Gasteiger partial charge in [0.15, 0.2) is 0 Å². The highest BCUT2D eigenvalue weighted by Crippen LogP contribution is 2.22. The maximum Gasteiger partial charge on any atom is 0.259 e. The average Bonchev–Trinajstić information content (AvgIpc) is 2.57. The van der Waals surface area contributed by atoms with Crippen LogP contribution in [0.2, 0.25) is 10.0 Å². The maximum atomic E-state index is 13.3. The summed E-state index contributed by atoms with van der Waals surface area (Å²) in [5.74, 6) is -1.50. The summed E-state index contributed by atoms with van der Waals surface area (Å²) < 4.78 is 13.3. The number of benzene rings is 2. The minimum Gasteiger partial charge on any atom is -0.343 e. The van der Waals surface area contributed by atoms with Gasteiger partial charge in [-0.3, -0.25) is 9.59 Å². The molecule has 0 atom stereocenters. The summed E-state index contributed by atoms with van der Waals surface area (Å²) in [5.41, 5.74) is 2.69. The Morgan fingerprint density at radius 3 is 2.58 bits per heavy atom. The lowest BCUT2D eigenvalue weighted by Gasteiger charge is -2.05. The van der Waals surface area contributed by atoms with Crippen LogP contribution in [0.15, 0.2) is 47.6 Å². The van der Waals surface area contributed by atoms with Crippen LogP contribution in [0.5, 0.6) is 0 Å². The molecule has 0 aromatic heterocycles. The highest BCUT2D eigenvalue weighted by Gasteiger charge is 2.09. The number of carbonyl (C=O) groups is 2. The molecule has 124 valence electrons. The van der Waals surface area contributed by atoms with E-state index in [1.54, 1.807) is 12.1 Å². The fraction of sp³-hybridized carbons (Fsp3) is 0.0625. The van der Waals surface area contributed by atoms with E-state index in [0.29, 0.717) is 5.02 Å². The number of hydrogen-bond acceptors (Lipinski definition) is 3. The van der Waals surface area contributed by atoms with Gasteiger partial charge in [-0.2, -0.15) is 5.10 Å². The number of carbonyl (C=O) groups excluding carboxylic acids is 2. The second kappa shape index (κ2) is 8.42. The van der Waals surface area contributed by atoms with Crippen molar-refractivity contribution in [3.8, 4) is 0 Å². The third-order valence-corrected chi connectivity index (χ3v) is 3.63. The highest BCUT2D eigenvalue weighted by molar-refractivity contribution is 6.42. The first-order valence-electron chi connectivity index (χ1n) is 6.77. The Morgan fingerprint density at radius 1 is 1.12 bits per heavy atom. The van der Waals surface area contributed by atoms with E-state index in [9.17, 15) is 14.0 Å². The summed E-state index contributed by atoms with van der Waals surface area (Å²) in [6, 6.07) is 10.3. The first-order valence-corrected chi connectivity index (χ1v) is 7.52. The second-order valence-electron chi connectivity index (χ2n) is 4.63. The van der Waals surface area contributed by atoms with Crippen LogP contribution in [0, 0.1) is 5.82 Å². The van der Waals surface area contributed by atoms with E-state index in [1.807, 2.05) is 0 Å². The van der Waals surface area contributed by atoms with Gasteiger partial charge < -0.3 is 5.32 Å². The molecule has 2 rings (SSSR count). The van der Waals surface area contributed by atoms with Crippen LogP contribution in [0.4, 0.5) is 4.39 Å². The summed E-state index contributed by atoms with van der Waals surface area (Å²) in [4.78, 5) is 23.5. The predicted molar refractivity (Wildman–Crippen MR) is 90.9 cm³/mol. The molecule has 2 aromatic rings. The van der Waals surface area contributed by atoms with Crippen molar-refractivity contribution in [2.45, 2.75) is 0 Å². The number of rotatable bonds is 5. The lowest BCUT2D eigenvalue weighted by Crippen LogP contribution is -2.34. The Labute approximate surface area is 147 Å². The van der Waals surface area contributed by atoms with Gasteiger partial charge in [-0.05, 0) is 24.3 Å². The fourth-order valence-corrected chi connectivity index (χ4v) is 1.99. The summed E-state index contributed by atoms with van der Waals surface area (Å²) in [7, 11) is 0. The molecule has 5 nitrogen and oxygen atoms in total. The molecule has 0 fully saturated rings. The number of halogens is 3. The lowest BCUT2D eigenvalue weighted by atomic mass is 10.2. The van der Waals surface area contributed by atoms with E-state index in [4.69, 9.17) is 23.2 Å². The molecule has 8 heteroatoms. The lowest BCUT2D eigenvalue weighted by molar-refractivity contribution is -0.120. The molecule has 24 heavy (non-hydrogen) atoms. The molecular weight excluding hydrogens is 356 g/mol.